The number of benzene rings is 1. The van der Waals surface area contributed by atoms with Gasteiger partial charge in [0, 0.05) is 44.2 Å². The maximum absolute atomic E-state index is 12.1. The molecule has 5 nitrogen and oxygen atoms in total. The number of hydrogen-bond donors (Lipinski definition) is 0. The minimum absolute atomic E-state index is 0.127. The number of carbonyl (C=O) groups is 2. The van der Waals surface area contributed by atoms with Gasteiger partial charge in [0.15, 0.2) is 5.78 Å². The minimum atomic E-state index is -0.462. The van der Waals surface area contributed by atoms with Crippen molar-refractivity contribution in [1.29, 1.82) is 0 Å². The number of allylic oxidation sites excluding steroid dienone is 1. The van der Waals surface area contributed by atoms with Gasteiger partial charge < -0.3 is 9.64 Å². The topological polar surface area (TPSA) is 49.9 Å². The number of ether oxygens (including phenoxy) is 1. The number of rotatable bonds is 7. The Hall–Kier alpha value is -2.56. The van der Waals surface area contributed by atoms with E-state index >= 15 is 0 Å². The molecule has 0 aliphatic heterocycles. The molecule has 22 heavy (non-hydrogen) atoms. The lowest BCUT2D eigenvalue weighted by Gasteiger charge is -2.20. The van der Waals surface area contributed by atoms with Crippen molar-refractivity contribution in [2.24, 2.45) is 0 Å². The molecule has 0 spiro atoms. The van der Waals surface area contributed by atoms with E-state index in [2.05, 4.69) is 6.58 Å². The quantitative estimate of drug-likeness (QED) is 0.441. The lowest BCUT2D eigenvalue weighted by molar-refractivity contribution is 0.104. The molecular formula is C17H22N2O3. The van der Waals surface area contributed by atoms with E-state index in [9.17, 15) is 9.59 Å². The third-order valence-electron chi connectivity index (χ3n) is 2.77. The van der Waals surface area contributed by atoms with Crippen LogP contribution in [0.15, 0.2) is 49.2 Å². The highest BCUT2D eigenvalue weighted by atomic mass is 16.6. The molecule has 0 aliphatic carbocycles. The van der Waals surface area contributed by atoms with Crippen LogP contribution in [0.3, 0.4) is 0 Å². The van der Waals surface area contributed by atoms with Gasteiger partial charge in [-0.25, -0.2) is 4.79 Å². The monoisotopic (exact) mass is 302 g/mol. The van der Waals surface area contributed by atoms with Crippen molar-refractivity contribution in [1.82, 2.24) is 4.90 Å². The van der Waals surface area contributed by atoms with Gasteiger partial charge in [-0.05, 0) is 19.1 Å². The Kier molecular flexibility index (Phi) is 6.89. The number of ketones is 1. The Morgan fingerprint density at radius 1 is 1.32 bits per heavy atom. The SMILES string of the molecule is C=CCN(C(=O)OCC)c1cccc(C(=O)C=CN(C)C)c1. The first-order chi connectivity index (χ1) is 10.5. The van der Waals surface area contributed by atoms with Gasteiger partial charge in [0.1, 0.15) is 0 Å². The molecule has 0 saturated heterocycles. The van der Waals surface area contributed by atoms with Crippen LogP contribution in [0.1, 0.15) is 17.3 Å². The van der Waals surface area contributed by atoms with Gasteiger partial charge >= 0.3 is 6.09 Å². The fraction of sp³-hybridized carbons (Fsp3) is 0.294. The van der Waals surface area contributed by atoms with Gasteiger partial charge in [0.05, 0.1) is 6.61 Å². The standard InChI is InChI=1S/C17H22N2O3/c1-5-11-19(17(21)22-6-2)15-9-7-8-14(13-15)16(20)10-12-18(3)4/h5,7-10,12-13H,1,6,11H2,2-4H3. The molecular weight excluding hydrogens is 280 g/mol. The Balaban J connectivity index is 3.04. The van der Waals surface area contributed by atoms with Crippen molar-refractivity contribution in [3.8, 4) is 0 Å². The van der Waals surface area contributed by atoms with E-state index < -0.39 is 6.09 Å². The summed E-state index contributed by atoms with van der Waals surface area (Å²) >= 11 is 0. The van der Waals surface area contributed by atoms with E-state index in [4.69, 9.17) is 4.74 Å². The third-order valence-corrected chi connectivity index (χ3v) is 2.77. The minimum Gasteiger partial charge on any atom is -0.449 e. The molecule has 5 heteroatoms. The number of nitrogens with zero attached hydrogens (tertiary/aromatic N) is 2. The van der Waals surface area contributed by atoms with E-state index in [-0.39, 0.29) is 12.4 Å². The summed E-state index contributed by atoms with van der Waals surface area (Å²) in [6, 6.07) is 6.88. The summed E-state index contributed by atoms with van der Waals surface area (Å²) < 4.78 is 5.02. The predicted octanol–water partition coefficient (Wildman–Crippen LogP) is 3.09. The molecule has 0 fully saturated rings. The van der Waals surface area contributed by atoms with Crippen LogP contribution in [-0.2, 0) is 4.74 Å². The van der Waals surface area contributed by atoms with Crippen LogP contribution in [0.4, 0.5) is 10.5 Å². The summed E-state index contributed by atoms with van der Waals surface area (Å²) in [7, 11) is 3.68. The van der Waals surface area contributed by atoms with Crippen molar-refractivity contribution in [3.05, 3.63) is 54.8 Å². The molecule has 118 valence electrons. The molecule has 0 aromatic heterocycles. The Labute approximate surface area is 131 Å². The van der Waals surface area contributed by atoms with Gasteiger partial charge in [0.2, 0.25) is 0 Å². The molecule has 0 aliphatic rings. The highest BCUT2D eigenvalue weighted by Crippen LogP contribution is 2.18. The zero-order valence-corrected chi connectivity index (χ0v) is 13.3. The van der Waals surface area contributed by atoms with Crippen LogP contribution in [0.2, 0.25) is 0 Å². The second kappa shape index (κ2) is 8.67. The van der Waals surface area contributed by atoms with Crippen LogP contribution in [0, 0.1) is 0 Å². The molecule has 0 saturated carbocycles. The number of amides is 1. The third kappa shape index (κ3) is 5.09. The second-order valence-corrected chi connectivity index (χ2v) is 4.79. The lowest BCUT2D eigenvalue weighted by atomic mass is 10.1. The van der Waals surface area contributed by atoms with Crippen molar-refractivity contribution in [3.63, 3.8) is 0 Å². The first kappa shape index (κ1) is 17.5. The lowest BCUT2D eigenvalue weighted by Crippen LogP contribution is -2.31. The zero-order valence-electron chi connectivity index (χ0n) is 13.3. The van der Waals surface area contributed by atoms with Crippen LogP contribution >= 0.6 is 0 Å². The molecule has 0 N–H and O–H groups in total. The molecule has 0 unspecified atom stereocenters. The molecule has 0 bridgehead atoms. The first-order valence-corrected chi connectivity index (χ1v) is 7.03. The van der Waals surface area contributed by atoms with E-state index in [0.717, 1.165) is 0 Å². The first-order valence-electron chi connectivity index (χ1n) is 7.03. The second-order valence-electron chi connectivity index (χ2n) is 4.79. The molecule has 1 amide bonds. The van der Waals surface area contributed by atoms with Gasteiger partial charge in [-0.15, -0.1) is 6.58 Å². The van der Waals surface area contributed by atoms with E-state index in [1.165, 1.54) is 11.0 Å². The van der Waals surface area contributed by atoms with Gasteiger partial charge in [-0.1, -0.05) is 18.2 Å². The van der Waals surface area contributed by atoms with Crippen molar-refractivity contribution in [2.75, 3.05) is 32.1 Å². The van der Waals surface area contributed by atoms with Crippen molar-refractivity contribution in [2.45, 2.75) is 6.92 Å². The number of hydrogen-bond acceptors (Lipinski definition) is 4. The molecule has 0 heterocycles. The number of carbonyl (C=O) groups excluding carboxylic acids is 2. The number of anilines is 1. The molecule has 1 aromatic rings. The molecule has 1 rings (SSSR count). The largest absolute Gasteiger partial charge is 0.449 e. The molecule has 0 radical (unpaired) electrons. The van der Waals surface area contributed by atoms with E-state index in [0.29, 0.717) is 17.8 Å². The van der Waals surface area contributed by atoms with Gasteiger partial charge in [-0.3, -0.25) is 9.69 Å². The summed E-state index contributed by atoms with van der Waals surface area (Å²) in [5, 5.41) is 0. The summed E-state index contributed by atoms with van der Waals surface area (Å²) in [5.74, 6) is -0.127. The molecule has 1 aromatic carbocycles. The summed E-state index contributed by atoms with van der Waals surface area (Å²) in [6.45, 7) is 5.99. The normalized spacial score (nSPS) is 10.3. The van der Waals surface area contributed by atoms with E-state index in [1.807, 2.05) is 14.1 Å². The zero-order chi connectivity index (χ0) is 16.5. The van der Waals surface area contributed by atoms with Crippen LogP contribution in [0.5, 0.6) is 0 Å². The smallest absolute Gasteiger partial charge is 0.414 e. The highest BCUT2D eigenvalue weighted by molar-refractivity contribution is 6.05. The van der Waals surface area contributed by atoms with Crippen molar-refractivity contribution < 1.29 is 14.3 Å². The summed E-state index contributed by atoms with van der Waals surface area (Å²) in [6.07, 6.45) is 4.32. The van der Waals surface area contributed by atoms with Crippen LogP contribution in [-0.4, -0.2) is 44.0 Å². The fourth-order valence-electron chi connectivity index (χ4n) is 1.76. The predicted molar refractivity (Wildman–Crippen MR) is 88.2 cm³/mol. The van der Waals surface area contributed by atoms with Crippen LogP contribution in [0.25, 0.3) is 0 Å². The van der Waals surface area contributed by atoms with E-state index in [1.54, 1.807) is 48.4 Å². The fourth-order valence-corrected chi connectivity index (χ4v) is 1.76. The highest BCUT2D eigenvalue weighted by Gasteiger charge is 2.16. The summed E-state index contributed by atoms with van der Waals surface area (Å²) in [4.78, 5) is 27.3. The van der Waals surface area contributed by atoms with Gasteiger partial charge in [-0.2, -0.15) is 0 Å². The summed E-state index contributed by atoms with van der Waals surface area (Å²) in [5.41, 5.74) is 1.11. The average molecular weight is 302 g/mol. The maximum atomic E-state index is 12.1. The van der Waals surface area contributed by atoms with Gasteiger partial charge in [0.25, 0.3) is 0 Å². The van der Waals surface area contributed by atoms with Crippen molar-refractivity contribution >= 4 is 17.6 Å². The Morgan fingerprint density at radius 3 is 2.64 bits per heavy atom. The molecule has 0 atom stereocenters. The Morgan fingerprint density at radius 2 is 2.05 bits per heavy atom. The Bertz CT molecular complexity index is 565. The maximum Gasteiger partial charge on any atom is 0.414 e. The average Bonchev–Trinajstić information content (AvgIpc) is 2.50. The van der Waals surface area contributed by atoms with Crippen LogP contribution < -0.4 is 4.90 Å².